The summed E-state index contributed by atoms with van der Waals surface area (Å²) in [6.45, 7) is 1.69. The Kier molecular flexibility index (Phi) is 5.30. The Labute approximate surface area is 160 Å². The first kappa shape index (κ1) is 18.4. The Hall–Kier alpha value is -2.37. The Morgan fingerprint density at radius 3 is 2.27 bits per heavy atom. The van der Waals surface area contributed by atoms with E-state index in [4.69, 9.17) is 23.2 Å². The lowest BCUT2D eigenvalue weighted by Crippen LogP contribution is -2.28. The van der Waals surface area contributed by atoms with Crippen molar-refractivity contribution in [3.05, 3.63) is 58.1 Å². The second-order valence-electron chi connectivity index (χ2n) is 6.10. The summed E-state index contributed by atoms with van der Waals surface area (Å²) in [7, 11) is 0. The molecule has 1 saturated heterocycles. The Balaban J connectivity index is 1.72. The lowest BCUT2D eigenvalue weighted by Gasteiger charge is -2.19. The van der Waals surface area contributed by atoms with Crippen molar-refractivity contribution in [2.24, 2.45) is 5.92 Å². The minimum atomic E-state index is -0.512. The van der Waals surface area contributed by atoms with Crippen LogP contribution in [0.2, 0.25) is 10.0 Å². The van der Waals surface area contributed by atoms with Crippen LogP contribution in [-0.4, -0.2) is 24.1 Å². The van der Waals surface area contributed by atoms with Crippen LogP contribution in [0.4, 0.5) is 11.4 Å². The summed E-state index contributed by atoms with van der Waals surface area (Å²) in [5.74, 6) is -1.02. The molecule has 7 heteroatoms. The molecule has 1 heterocycles. The number of benzene rings is 2. The largest absolute Gasteiger partial charge is 0.326 e. The maximum Gasteiger partial charge on any atom is 0.229 e. The summed E-state index contributed by atoms with van der Waals surface area (Å²) in [4.78, 5) is 37.6. The molecular formula is C19H16Cl2N2O3. The van der Waals surface area contributed by atoms with E-state index >= 15 is 0 Å². The van der Waals surface area contributed by atoms with E-state index in [1.54, 1.807) is 42.5 Å². The number of ketones is 1. The summed E-state index contributed by atoms with van der Waals surface area (Å²) >= 11 is 12.3. The molecule has 0 aliphatic carbocycles. The molecule has 0 spiro atoms. The molecule has 2 aromatic carbocycles. The van der Waals surface area contributed by atoms with Crippen molar-refractivity contribution in [1.29, 1.82) is 0 Å². The number of carbonyl (C=O) groups is 3. The maximum atomic E-state index is 12.5. The lowest BCUT2D eigenvalue weighted by atomic mass is 10.1. The van der Waals surface area contributed by atoms with Gasteiger partial charge in [-0.3, -0.25) is 14.4 Å². The number of anilines is 2. The smallest absolute Gasteiger partial charge is 0.229 e. The van der Waals surface area contributed by atoms with E-state index in [1.165, 1.54) is 11.8 Å². The normalized spacial score (nSPS) is 16.7. The van der Waals surface area contributed by atoms with E-state index in [2.05, 4.69) is 5.32 Å². The van der Waals surface area contributed by atoms with Crippen molar-refractivity contribution in [1.82, 2.24) is 0 Å². The predicted octanol–water partition coefficient (Wildman–Crippen LogP) is 4.19. The van der Waals surface area contributed by atoms with Crippen LogP contribution in [-0.2, 0) is 9.59 Å². The molecule has 134 valence electrons. The SMILES string of the molecule is CC(=O)c1ccc(NC(=O)C2CC(=O)N(c3c(Cl)cccc3Cl)C2)cc1. The van der Waals surface area contributed by atoms with E-state index in [0.29, 0.717) is 27.0 Å². The van der Waals surface area contributed by atoms with Gasteiger partial charge in [0.15, 0.2) is 5.78 Å². The zero-order chi connectivity index (χ0) is 18.8. The van der Waals surface area contributed by atoms with Gasteiger partial charge in [0, 0.05) is 24.2 Å². The van der Waals surface area contributed by atoms with Crippen molar-refractivity contribution in [2.45, 2.75) is 13.3 Å². The van der Waals surface area contributed by atoms with Crippen molar-refractivity contribution in [3.8, 4) is 0 Å². The van der Waals surface area contributed by atoms with Gasteiger partial charge in [-0.05, 0) is 43.3 Å². The van der Waals surface area contributed by atoms with Gasteiger partial charge in [0.1, 0.15) is 0 Å². The number of Topliss-reactive ketones (excluding diaryl/α,β-unsaturated/α-hetero) is 1. The molecule has 1 atom stereocenters. The zero-order valence-corrected chi connectivity index (χ0v) is 15.5. The number of para-hydroxylation sites is 1. The Bertz CT molecular complexity index is 861. The topological polar surface area (TPSA) is 66.5 Å². The Morgan fingerprint density at radius 2 is 1.69 bits per heavy atom. The number of nitrogens with zero attached hydrogens (tertiary/aromatic N) is 1. The van der Waals surface area contributed by atoms with Crippen molar-refractivity contribution in [3.63, 3.8) is 0 Å². The van der Waals surface area contributed by atoms with Gasteiger partial charge in [0.2, 0.25) is 11.8 Å². The summed E-state index contributed by atoms with van der Waals surface area (Å²) in [5, 5.41) is 3.51. The van der Waals surface area contributed by atoms with Gasteiger partial charge in [0.05, 0.1) is 21.7 Å². The van der Waals surface area contributed by atoms with Gasteiger partial charge in [-0.1, -0.05) is 29.3 Å². The quantitative estimate of drug-likeness (QED) is 0.795. The third kappa shape index (κ3) is 3.74. The fourth-order valence-corrected chi connectivity index (χ4v) is 3.48. The van der Waals surface area contributed by atoms with Gasteiger partial charge >= 0.3 is 0 Å². The number of halogens is 2. The van der Waals surface area contributed by atoms with Crippen LogP contribution < -0.4 is 10.2 Å². The number of carbonyl (C=O) groups excluding carboxylic acids is 3. The van der Waals surface area contributed by atoms with Crippen LogP contribution in [0.3, 0.4) is 0 Å². The molecular weight excluding hydrogens is 375 g/mol. The third-order valence-corrected chi connectivity index (χ3v) is 4.87. The third-order valence-electron chi connectivity index (χ3n) is 4.26. The molecule has 1 N–H and O–H groups in total. The fourth-order valence-electron chi connectivity index (χ4n) is 2.88. The van der Waals surface area contributed by atoms with Gasteiger partial charge < -0.3 is 10.2 Å². The van der Waals surface area contributed by atoms with E-state index < -0.39 is 5.92 Å². The molecule has 1 fully saturated rings. The number of hydrogen-bond acceptors (Lipinski definition) is 3. The van der Waals surface area contributed by atoms with Crippen LogP contribution >= 0.6 is 23.2 Å². The highest BCUT2D eigenvalue weighted by Crippen LogP contribution is 2.37. The van der Waals surface area contributed by atoms with Crippen molar-refractivity contribution < 1.29 is 14.4 Å². The van der Waals surface area contributed by atoms with E-state index in [1.807, 2.05) is 0 Å². The van der Waals surface area contributed by atoms with Gasteiger partial charge in [-0.25, -0.2) is 0 Å². The molecule has 3 rings (SSSR count). The molecule has 1 aliphatic rings. The van der Waals surface area contributed by atoms with E-state index in [9.17, 15) is 14.4 Å². The second kappa shape index (κ2) is 7.48. The highest BCUT2D eigenvalue weighted by atomic mass is 35.5. The monoisotopic (exact) mass is 390 g/mol. The van der Waals surface area contributed by atoms with Crippen LogP contribution in [0, 0.1) is 5.92 Å². The molecule has 5 nitrogen and oxygen atoms in total. The summed E-state index contributed by atoms with van der Waals surface area (Å²) in [5.41, 5.74) is 1.57. The highest BCUT2D eigenvalue weighted by molar-refractivity contribution is 6.40. The fraction of sp³-hybridized carbons (Fsp3) is 0.211. The first-order valence-corrected chi connectivity index (χ1v) is 8.78. The minimum Gasteiger partial charge on any atom is -0.326 e. The molecule has 2 amide bonds. The number of nitrogens with one attached hydrogen (secondary N) is 1. The number of amides is 2. The summed E-state index contributed by atoms with van der Waals surface area (Å²) in [6.07, 6.45) is 0.0823. The summed E-state index contributed by atoms with van der Waals surface area (Å²) < 4.78 is 0. The number of hydrogen-bond donors (Lipinski definition) is 1. The maximum absolute atomic E-state index is 12.5. The van der Waals surface area contributed by atoms with Gasteiger partial charge in [-0.15, -0.1) is 0 Å². The molecule has 26 heavy (non-hydrogen) atoms. The van der Waals surface area contributed by atoms with Crippen LogP contribution in [0.5, 0.6) is 0 Å². The number of rotatable bonds is 4. The molecule has 1 unspecified atom stereocenters. The van der Waals surface area contributed by atoms with Crippen molar-refractivity contribution >= 4 is 52.2 Å². The zero-order valence-electron chi connectivity index (χ0n) is 14.0. The molecule has 0 bridgehead atoms. The predicted molar refractivity (Wildman–Crippen MR) is 102 cm³/mol. The first-order valence-electron chi connectivity index (χ1n) is 8.03. The van der Waals surface area contributed by atoms with E-state index in [-0.39, 0.29) is 30.6 Å². The van der Waals surface area contributed by atoms with Crippen LogP contribution in [0.25, 0.3) is 0 Å². The lowest BCUT2D eigenvalue weighted by molar-refractivity contribution is -0.122. The highest BCUT2D eigenvalue weighted by Gasteiger charge is 2.36. The molecule has 1 aliphatic heterocycles. The average molecular weight is 391 g/mol. The van der Waals surface area contributed by atoms with E-state index in [0.717, 1.165) is 0 Å². The van der Waals surface area contributed by atoms with Gasteiger partial charge in [0.25, 0.3) is 0 Å². The molecule has 0 aromatic heterocycles. The van der Waals surface area contributed by atoms with Crippen LogP contribution in [0.15, 0.2) is 42.5 Å². The molecule has 0 radical (unpaired) electrons. The Morgan fingerprint density at radius 1 is 1.08 bits per heavy atom. The second-order valence-corrected chi connectivity index (χ2v) is 6.91. The standard InChI is InChI=1S/C19H16Cl2N2O3/c1-11(24)12-5-7-14(8-6-12)22-19(26)13-9-17(25)23(10-13)18-15(20)3-2-4-16(18)21/h2-8,13H,9-10H2,1H3,(H,22,26). The van der Waals surface area contributed by atoms with Crippen molar-refractivity contribution in [2.75, 3.05) is 16.8 Å². The minimum absolute atomic E-state index is 0.0449. The van der Waals surface area contributed by atoms with Crippen LogP contribution in [0.1, 0.15) is 23.7 Å². The molecule has 2 aromatic rings. The summed E-state index contributed by atoms with van der Waals surface area (Å²) in [6, 6.07) is 11.6. The van der Waals surface area contributed by atoms with Gasteiger partial charge in [-0.2, -0.15) is 0 Å². The first-order chi connectivity index (χ1) is 12.4. The average Bonchev–Trinajstić information content (AvgIpc) is 2.97. The molecule has 0 saturated carbocycles.